The largest absolute Gasteiger partial charge is 0.497 e. The number of hydrogen-bond acceptors (Lipinski definition) is 5. The van der Waals surface area contributed by atoms with Gasteiger partial charge in [-0.15, -0.1) is 0 Å². The van der Waals surface area contributed by atoms with Crippen LogP contribution in [0.4, 0.5) is 0 Å². The Morgan fingerprint density at radius 3 is 2.27 bits per heavy atom. The predicted molar refractivity (Wildman–Crippen MR) is 130 cm³/mol. The predicted octanol–water partition coefficient (Wildman–Crippen LogP) is 6.24. The summed E-state index contributed by atoms with van der Waals surface area (Å²) >= 11 is 0. The van der Waals surface area contributed by atoms with E-state index in [1.807, 2.05) is 24.3 Å². The fraction of sp³-hybridized carbons (Fsp3) is 0.321. The van der Waals surface area contributed by atoms with Gasteiger partial charge in [0.1, 0.15) is 5.75 Å². The second-order valence-electron chi connectivity index (χ2n) is 9.60. The molecule has 0 fully saturated rings. The maximum absolute atomic E-state index is 6.57. The van der Waals surface area contributed by atoms with Crippen LogP contribution in [-0.4, -0.2) is 24.9 Å². The molecule has 0 aromatic heterocycles. The Hall–Kier alpha value is -3.47. The first-order valence-corrected chi connectivity index (χ1v) is 11.3. The van der Waals surface area contributed by atoms with Crippen LogP contribution in [0.15, 0.2) is 71.8 Å². The number of fused-ring (bicyclic) bond motifs is 3. The normalized spacial score (nSPS) is 19.3. The summed E-state index contributed by atoms with van der Waals surface area (Å²) in [5, 5.41) is 7.17. The third kappa shape index (κ3) is 3.82. The Balaban J connectivity index is 1.57. The molecule has 0 saturated carbocycles. The van der Waals surface area contributed by atoms with Gasteiger partial charge in [0.05, 0.1) is 26.0 Å². The van der Waals surface area contributed by atoms with Crippen LogP contribution in [-0.2, 0) is 5.41 Å². The minimum absolute atomic E-state index is 0.0771. The smallest absolute Gasteiger partial charge is 0.214 e. The summed E-state index contributed by atoms with van der Waals surface area (Å²) in [7, 11) is 3.37. The van der Waals surface area contributed by atoms with Gasteiger partial charge in [-0.2, -0.15) is 5.10 Å². The van der Waals surface area contributed by atoms with Crippen LogP contribution in [0.2, 0.25) is 0 Å². The van der Waals surface area contributed by atoms with Crippen LogP contribution < -0.4 is 14.2 Å². The summed E-state index contributed by atoms with van der Waals surface area (Å²) in [6.45, 7) is 6.67. The van der Waals surface area contributed by atoms with Gasteiger partial charge in [0.25, 0.3) is 0 Å². The van der Waals surface area contributed by atoms with E-state index in [4.69, 9.17) is 19.3 Å². The molecule has 33 heavy (non-hydrogen) atoms. The number of ether oxygens (including phenoxy) is 3. The molecule has 2 heterocycles. The van der Waals surface area contributed by atoms with Crippen LogP contribution in [0.25, 0.3) is 0 Å². The lowest BCUT2D eigenvalue weighted by molar-refractivity contribution is -0.0209. The lowest BCUT2D eigenvalue weighted by Gasteiger charge is -2.38. The topological polar surface area (TPSA) is 43.3 Å². The molecular formula is C28H30N2O3. The van der Waals surface area contributed by atoms with Gasteiger partial charge < -0.3 is 14.2 Å². The van der Waals surface area contributed by atoms with E-state index in [0.717, 1.165) is 46.1 Å². The quantitative estimate of drug-likeness (QED) is 0.479. The Labute approximate surface area is 195 Å². The Kier molecular flexibility index (Phi) is 5.28. The van der Waals surface area contributed by atoms with E-state index in [-0.39, 0.29) is 17.7 Å². The van der Waals surface area contributed by atoms with Crippen molar-refractivity contribution in [2.24, 2.45) is 5.10 Å². The van der Waals surface area contributed by atoms with Crippen LogP contribution in [0.1, 0.15) is 61.7 Å². The van der Waals surface area contributed by atoms with E-state index in [9.17, 15) is 0 Å². The average molecular weight is 443 g/mol. The molecule has 0 N–H and O–H groups in total. The lowest BCUT2D eigenvalue weighted by Crippen LogP contribution is -2.34. The maximum atomic E-state index is 6.57. The lowest BCUT2D eigenvalue weighted by atomic mass is 9.86. The van der Waals surface area contributed by atoms with Gasteiger partial charge in [0.2, 0.25) is 6.23 Å². The van der Waals surface area contributed by atoms with E-state index in [1.54, 1.807) is 14.2 Å². The van der Waals surface area contributed by atoms with Gasteiger partial charge in [-0.1, -0.05) is 57.2 Å². The van der Waals surface area contributed by atoms with E-state index in [0.29, 0.717) is 0 Å². The van der Waals surface area contributed by atoms with Crippen molar-refractivity contribution < 1.29 is 14.2 Å². The molecule has 0 amide bonds. The van der Waals surface area contributed by atoms with E-state index >= 15 is 0 Å². The van der Waals surface area contributed by atoms with Crippen LogP contribution in [0.3, 0.4) is 0 Å². The number of rotatable bonds is 4. The molecule has 5 nitrogen and oxygen atoms in total. The average Bonchev–Trinajstić information content (AvgIpc) is 3.28. The van der Waals surface area contributed by atoms with Gasteiger partial charge in [-0.3, -0.25) is 0 Å². The zero-order valence-corrected chi connectivity index (χ0v) is 19.8. The van der Waals surface area contributed by atoms with Crippen molar-refractivity contribution >= 4 is 5.71 Å². The van der Waals surface area contributed by atoms with Gasteiger partial charge in [0, 0.05) is 17.5 Å². The van der Waals surface area contributed by atoms with E-state index in [2.05, 4.69) is 68.2 Å². The maximum Gasteiger partial charge on any atom is 0.214 e. The molecule has 0 saturated heterocycles. The molecule has 3 aromatic carbocycles. The summed E-state index contributed by atoms with van der Waals surface area (Å²) < 4.78 is 17.5. The second kappa shape index (κ2) is 8.14. The van der Waals surface area contributed by atoms with Crippen LogP contribution in [0.5, 0.6) is 17.2 Å². The highest BCUT2D eigenvalue weighted by Gasteiger charge is 2.42. The van der Waals surface area contributed by atoms with Crippen molar-refractivity contribution in [2.75, 3.05) is 14.2 Å². The first-order valence-electron chi connectivity index (χ1n) is 11.3. The number of hydrogen-bond donors (Lipinski definition) is 0. The Morgan fingerprint density at radius 2 is 1.64 bits per heavy atom. The monoisotopic (exact) mass is 442 g/mol. The first-order chi connectivity index (χ1) is 15.9. The molecule has 5 heteroatoms. The molecule has 0 radical (unpaired) electrons. The molecule has 2 atom stereocenters. The van der Waals surface area contributed by atoms with E-state index < -0.39 is 0 Å². The highest BCUT2D eigenvalue weighted by atomic mass is 16.5. The number of benzene rings is 3. The van der Waals surface area contributed by atoms with Crippen molar-refractivity contribution in [2.45, 2.75) is 44.9 Å². The molecular weight excluding hydrogens is 412 g/mol. The molecule has 3 aromatic rings. The molecule has 0 bridgehead atoms. The third-order valence-corrected chi connectivity index (χ3v) is 6.49. The number of nitrogens with zero attached hydrogens (tertiary/aromatic N) is 2. The highest BCUT2D eigenvalue weighted by Crippen LogP contribution is 2.50. The van der Waals surface area contributed by atoms with Gasteiger partial charge >= 0.3 is 0 Å². The number of methoxy groups -OCH3 is 2. The third-order valence-electron chi connectivity index (χ3n) is 6.49. The Morgan fingerprint density at radius 1 is 0.909 bits per heavy atom. The van der Waals surface area contributed by atoms with Gasteiger partial charge in [0.15, 0.2) is 11.5 Å². The molecule has 0 aliphatic carbocycles. The fourth-order valence-electron chi connectivity index (χ4n) is 4.57. The number of para-hydroxylation sites is 1. The molecule has 0 unspecified atom stereocenters. The zero-order chi connectivity index (χ0) is 23.2. The minimum Gasteiger partial charge on any atom is -0.497 e. The van der Waals surface area contributed by atoms with Crippen molar-refractivity contribution in [1.29, 1.82) is 0 Å². The number of hydrazone groups is 1. The van der Waals surface area contributed by atoms with Gasteiger partial charge in [-0.05, 0) is 46.9 Å². The first kappa shape index (κ1) is 21.4. The molecule has 0 spiro atoms. The summed E-state index contributed by atoms with van der Waals surface area (Å²) in [5.41, 5.74) is 5.70. The van der Waals surface area contributed by atoms with Crippen LogP contribution in [0, 0.1) is 0 Å². The standard InChI is InChI=1S/C28H30N2O3/c1-28(2,3)20-13-9-19(10-14-20)27-30-24(22-7-6-8-25(32-5)26(22)33-27)17-23(29-30)18-11-15-21(31-4)16-12-18/h6-16,24,27H,17H2,1-5H3/t24-,27+/m0/s1. The minimum atomic E-state index is -0.330. The summed E-state index contributed by atoms with van der Waals surface area (Å²) in [5.74, 6) is 2.39. The summed E-state index contributed by atoms with van der Waals surface area (Å²) in [6, 6.07) is 22.9. The van der Waals surface area contributed by atoms with Crippen molar-refractivity contribution in [3.05, 3.63) is 89.0 Å². The van der Waals surface area contributed by atoms with Gasteiger partial charge in [-0.25, -0.2) is 5.01 Å². The van der Waals surface area contributed by atoms with E-state index in [1.165, 1.54) is 5.56 Å². The highest BCUT2D eigenvalue weighted by molar-refractivity contribution is 6.02. The SMILES string of the molecule is COc1ccc(C2=NN3[C@@H](c4ccc(C(C)(C)C)cc4)Oc4c(OC)cccc4[C@@H]3C2)cc1. The van der Waals surface area contributed by atoms with Crippen molar-refractivity contribution in [3.8, 4) is 17.2 Å². The van der Waals surface area contributed by atoms with Crippen LogP contribution >= 0.6 is 0 Å². The van der Waals surface area contributed by atoms with Crippen molar-refractivity contribution in [3.63, 3.8) is 0 Å². The molecule has 5 rings (SSSR count). The fourth-order valence-corrected chi connectivity index (χ4v) is 4.57. The zero-order valence-electron chi connectivity index (χ0n) is 19.8. The molecule has 2 aliphatic rings. The second-order valence-corrected chi connectivity index (χ2v) is 9.60. The van der Waals surface area contributed by atoms with Crippen molar-refractivity contribution in [1.82, 2.24) is 5.01 Å². The summed E-state index contributed by atoms with van der Waals surface area (Å²) in [6.07, 6.45) is 0.468. The molecule has 2 aliphatic heterocycles. The summed E-state index contributed by atoms with van der Waals surface area (Å²) in [4.78, 5) is 0. The molecule has 170 valence electrons. The Bertz CT molecular complexity index is 1180.